The number of carbonyl (C=O) groups excluding carboxylic acids is 1. The van der Waals surface area contributed by atoms with Gasteiger partial charge in [-0.3, -0.25) is 14.7 Å². The van der Waals surface area contributed by atoms with Crippen LogP contribution < -0.4 is 16.0 Å². The Morgan fingerprint density at radius 1 is 1.39 bits per heavy atom. The molecule has 0 spiro atoms. The van der Waals surface area contributed by atoms with Crippen molar-refractivity contribution in [1.82, 2.24) is 20.5 Å². The molecule has 1 fully saturated rings. The second-order valence-corrected chi connectivity index (χ2v) is 6.76. The summed E-state index contributed by atoms with van der Waals surface area (Å²) >= 11 is 0. The highest BCUT2D eigenvalue weighted by Crippen LogP contribution is 2.19. The molecule has 7 nitrogen and oxygen atoms in total. The third kappa shape index (κ3) is 8.12. The average Bonchev–Trinajstić information content (AvgIpc) is 3.02. The predicted molar refractivity (Wildman–Crippen MR) is 102 cm³/mol. The lowest BCUT2D eigenvalue weighted by Gasteiger charge is -2.19. The molecule has 156 valence electrons. The number of rotatable bonds is 7. The summed E-state index contributed by atoms with van der Waals surface area (Å²) in [7, 11) is 0. The molecule has 0 aliphatic carbocycles. The second kappa shape index (κ2) is 10.3. The van der Waals surface area contributed by atoms with Gasteiger partial charge >= 0.3 is 6.18 Å². The Morgan fingerprint density at radius 2 is 2.18 bits per heavy atom. The van der Waals surface area contributed by atoms with E-state index in [0.29, 0.717) is 37.8 Å². The van der Waals surface area contributed by atoms with E-state index in [1.54, 1.807) is 12.3 Å². The minimum Gasteiger partial charge on any atom is -0.357 e. The second-order valence-electron chi connectivity index (χ2n) is 6.76. The van der Waals surface area contributed by atoms with Crippen molar-refractivity contribution in [2.24, 2.45) is 4.99 Å². The molecule has 2 rings (SSSR count). The van der Waals surface area contributed by atoms with Crippen LogP contribution in [0.3, 0.4) is 0 Å². The van der Waals surface area contributed by atoms with Crippen molar-refractivity contribution >= 4 is 17.7 Å². The molecular formula is C18H27F3N6O. The fraction of sp³-hybridized carbons (Fsp3) is 0.611. The first-order chi connectivity index (χ1) is 13.2. The Labute approximate surface area is 162 Å². The molecular weight excluding hydrogens is 373 g/mol. The van der Waals surface area contributed by atoms with Crippen molar-refractivity contribution < 1.29 is 18.0 Å². The van der Waals surface area contributed by atoms with Crippen LogP contribution >= 0.6 is 0 Å². The van der Waals surface area contributed by atoms with Gasteiger partial charge in [-0.2, -0.15) is 13.2 Å². The van der Waals surface area contributed by atoms with Crippen LogP contribution in [0.2, 0.25) is 0 Å². The lowest BCUT2D eigenvalue weighted by molar-refractivity contribution is -0.143. The van der Waals surface area contributed by atoms with Gasteiger partial charge in [-0.25, -0.2) is 4.98 Å². The number of likely N-dealkylation sites (tertiary alicyclic amines) is 1. The van der Waals surface area contributed by atoms with E-state index in [1.165, 1.54) is 4.90 Å². The van der Waals surface area contributed by atoms with Crippen molar-refractivity contribution in [2.75, 3.05) is 38.0 Å². The zero-order valence-electron chi connectivity index (χ0n) is 16.1. The van der Waals surface area contributed by atoms with Crippen LogP contribution in [-0.4, -0.2) is 66.7 Å². The molecule has 1 unspecified atom stereocenters. The number of halogens is 3. The number of nitrogens with one attached hydrogen (secondary N) is 3. The zero-order chi connectivity index (χ0) is 20.6. The summed E-state index contributed by atoms with van der Waals surface area (Å²) in [4.78, 5) is 21.8. The van der Waals surface area contributed by atoms with Gasteiger partial charge in [0.2, 0.25) is 5.91 Å². The largest absolute Gasteiger partial charge is 0.401 e. The molecule has 1 aliphatic rings. The molecule has 3 N–H and O–H groups in total. The number of amides is 1. The summed E-state index contributed by atoms with van der Waals surface area (Å²) in [5.74, 6) is 0.788. The molecule has 2 heterocycles. The fourth-order valence-electron chi connectivity index (χ4n) is 2.88. The molecule has 0 bridgehead atoms. The molecule has 1 saturated heterocycles. The number of anilines is 1. The first-order valence-corrected chi connectivity index (χ1v) is 9.31. The van der Waals surface area contributed by atoms with Crippen molar-refractivity contribution in [3.63, 3.8) is 0 Å². The molecule has 1 aromatic rings. The quantitative estimate of drug-likeness (QED) is 0.481. The minimum absolute atomic E-state index is 0.106. The van der Waals surface area contributed by atoms with E-state index >= 15 is 0 Å². The van der Waals surface area contributed by atoms with E-state index in [1.807, 2.05) is 19.9 Å². The Morgan fingerprint density at radius 3 is 2.82 bits per heavy atom. The number of aliphatic imine (C=N–C) groups is 1. The lowest BCUT2D eigenvalue weighted by Crippen LogP contribution is -2.45. The van der Waals surface area contributed by atoms with Gasteiger partial charge in [0, 0.05) is 38.3 Å². The van der Waals surface area contributed by atoms with Crippen LogP contribution in [-0.2, 0) is 4.79 Å². The van der Waals surface area contributed by atoms with Gasteiger partial charge in [0.15, 0.2) is 5.96 Å². The van der Waals surface area contributed by atoms with Crippen LogP contribution in [0.1, 0.15) is 25.3 Å². The van der Waals surface area contributed by atoms with Gasteiger partial charge in [-0.05, 0) is 31.9 Å². The highest BCUT2D eigenvalue weighted by Gasteiger charge is 2.34. The molecule has 0 aromatic carbocycles. The molecule has 1 aromatic heterocycles. The van der Waals surface area contributed by atoms with E-state index in [0.717, 1.165) is 5.56 Å². The number of hydrogen-bond donors (Lipinski definition) is 3. The fourth-order valence-corrected chi connectivity index (χ4v) is 2.88. The number of guanidine groups is 1. The number of aromatic nitrogens is 1. The number of nitrogens with zero attached hydrogens (tertiary/aromatic N) is 3. The molecule has 0 saturated carbocycles. The molecule has 28 heavy (non-hydrogen) atoms. The Kier molecular flexibility index (Phi) is 8.04. The predicted octanol–water partition coefficient (Wildman–Crippen LogP) is 1.91. The number of alkyl halides is 3. The molecule has 1 amide bonds. The Bertz CT molecular complexity index is 662. The number of hydrogen-bond acceptors (Lipinski definition) is 4. The van der Waals surface area contributed by atoms with Crippen LogP contribution in [0, 0.1) is 6.92 Å². The highest BCUT2D eigenvalue weighted by atomic mass is 19.4. The van der Waals surface area contributed by atoms with E-state index in [-0.39, 0.29) is 24.9 Å². The average molecular weight is 400 g/mol. The van der Waals surface area contributed by atoms with E-state index in [2.05, 4.69) is 25.9 Å². The van der Waals surface area contributed by atoms with Crippen LogP contribution in [0.4, 0.5) is 19.0 Å². The van der Waals surface area contributed by atoms with Crippen molar-refractivity contribution in [3.05, 3.63) is 23.9 Å². The SMILES string of the molecule is CCNC(=NCCC(=O)Nc1ccc(C)cn1)NC1CCN(CC(F)(F)F)C1. The van der Waals surface area contributed by atoms with Gasteiger partial charge in [-0.15, -0.1) is 0 Å². The van der Waals surface area contributed by atoms with Gasteiger partial charge in [0.25, 0.3) is 0 Å². The number of aryl methyl sites for hydroxylation is 1. The summed E-state index contributed by atoms with van der Waals surface area (Å²) in [6.07, 6.45) is -1.73. The molecule has 10 heteroatoms. The van der Waals surface area contributed by atoms with Crippen molar-refractivity contribution in [3.8, 4) is 0 Å². The highest BCUT2D eigenvalue weighted by molar-refractivity contribution is 5.90. The monoisotopic (exact) mass is 400 g/mol. The number of pyridine rings is 1. The first-order valence-electron chi connectivity index (χ1n) is 9.31. The third-order valence-corrected chi connectivity index (χ3v) is 4.15. The molecule has 0 radical (unpaired) electrons. The minimum atomic E-state index is -4.19. The number of carbonyl (C=O) groups is 1. The van der Waals surface area contributed by atoms with Crippen LogP contribution in [0.5, 0.6) is 0 Å². The smallest absolute Gasteiger partial charge is 0.357 e. The summed E-state index contributed by atoms with van der Waals surface area (Å²) in [5.41, 5.74) is 1.00. The topological polar surface area (TPSA) is 81.6 Å². The van der Waals surface area contributed by atoms with Gasteiger partial charge < -0.3 is 16.0 Å². The Hall–Kier alpha value is -2.36. The van der Waals surface area contributed by atoms with Crippen molar-refractivity contribution in [1.29, 1.82) is 0 Å². The maximum Gasteiger partial charge on any atom is 0.401 e. The zero-order valence-corrected chi connectivity index (χ0v) is 16.1. The maximum atomic E-state index is 12.5. The molecule has 1 aliphatic heterocycles. The summed E-state index contributed by atoms with van der Waals surface area (Å²) in [6.45, 7) is 4.49. The standard InChI is InChI=1S/C18H27F3N6O/c1-3-22-17(25-14-7-9-27(11-14)12-18(19,20)21)23-8-6-16(28)26-15-5-4-13(2)10-24-15/h4-5,10,14H,3,6-9,11-12H2,1-2H3,(H2,22,23,25)(H,24,26,28). The summed E-state index contributed by atoms with van der Waals surface area (Å²) in [6, 6.07) is 3.48. The maximum absolute atomic E-state index is 12.5. The van der Waals surface area contributed by atoms with Gasteiger partial charge in [0.1, 0.15) is 5.82 Å². The first kappa shape index (κ1) is 21.9. The Balaban J connectivity index is 1.78. The van der Waals surface area contributed by atoms with Crippen LogP contribution in [0.25, 0.3) is 0 Å². The van der Waals surface area contributed by atoms with Gasteiger partial charge in [0.05, 0.1) is 13.1 Å². The van der Waals surface area contributed by atoms with Crippen molar-refractivity contribution in [2.45, 2.75) is 38.9 Å². The van der Waals surface area contributed by atoms with Crippen LogP contribution in [0.15, 0.2) is 23.3 Å². The normalized spacial score (nSPS) is 18.2. The summed E-state index contributed by atoms with van der Waals surface area (Å²) < 4.78 is 37.5. The summed E-state index contributed by atoms with van der Waals surface area (Å²) in [5, 5.41) is 8.91. The van der Waals surface area contributed by atoms with E-state index in [4.69, 9.17) is 0 Å². The molecule has 1 atom stereocenters. The third-order valence-electron chi connectivity index (χ3n) is 4.15. The lowest BCUT2D eigenvalue weighted by atomic mass is 10.3. The van der Waals surface area contributed by atoms with E-state index in [9.17, 15) is 18.0 Å². The van der Waals surface area contributed by atoms with Gasteiger partial charge in [-0.1, -0.05) is 6.07 Å². The van der Waals surface area contributed by atoms with E-state index < -0.39 is 12.7 Å².